The SMILES string of the molecule is C=C([C@H](CN(C)[C@H]1CC(C)N(C(c2ccc(F)cc2)C(C)CCCC)C1=O)NC(=O)OC(C)(C)C)N1C(C#N)=CC2CC21. The molecular weight excluding hydrogens is 545 g/mol. The quantitative estimate of drug-likeness (QED) is 0.314. The van der Waals surface area contributed by atoms with E-state index in [-0.39, 0.29) is 35.8 Å². The van der Waals surface area contributed by atoms with Crippen LogP contribution in [0.1, 0.15) is 85.3 Å². The predicted octanol–water partition coefficient (Wildman–Crippen LogP) is 6.13. The minimum absolute atomic E-state index is 0.0235. The molecule has 2 aliphatic heterocycles. The molecule has 0 aromatic heterocycles. The molecule has 8 nitrogen and oxygen atoms in total. The van der Waals surface area contributed by atoms with Crippen LogP contribution in [0.4, 0.5) is 9.18 Å². The number of nitrogens with zero attached hydrogens (tertiary/aromatic N) is 4. The first-order chi connectivity index (χ1) is 20.2. The van der Waals surface area contributed by atoms with Crippen LogP contribution in [-0.4, -0.2) is 70.1 Å². The Kier molecular flexibility index (Phi) is 9.90. The van der Waals surface area contributed by atoms with Gasteiger partial charge >= 0.3 is 6.09 Å². The Bertz CT molecular complexity index is 1270. The number of rotatable bonds is 12. The molecule has 9 heteroatoms. The lowest BCUT2D eigenvalue weighted by atomic mass is 9.88. The lowest BCUT2D eigenvalue weighted by molar-refractivity contribution is -0.136. The fourth-order valence-corrected chi connectivity index (χ4v) is 6.68. The number of nitriles is 1. The monoisotopic (exact) mass is 593 g/mol. The van der Waals surface area contributed by atoms with Crippen molar-refractivity contribution in [2.75, 3.05) is 13.6 Å². The van der Waals surface area contributed by atoms with Crippen molar-refractivity contribution in [3.05, 3.63) is 59.7 Å². The summed E-state index contributed by atoms with van der Waals surface area (Å²) in [5.74, 6) is 0.251. The fraction of sp³-hybridized carbons (Fsp3) is 0.618. The third kappa shape index (κ3) is 7.41. The molecule has 0 spiro atoms. The summed E-state index contributed by atoms with van der Waals surface area (Å²) in [4.78, 5) is 33.1. The van der Waals surface area contributed by atoms with E-state index in [1.807, 2.05) is 27.8 Å². The van der Waals surface area contributed by atoms with Gasteiger partial charge in [-0.3, -0.25) is 9.69 Å². The van der Waals surface area contributed by atoms with Crippen molar-refractivity contribution in [3.8, 4) is 6.07 Å². The zero-order valence-corrected chi connectivity index (χ0v) is 26.8. The van der Waals surface area contributed by atoms with Crippen LogP contribution >= 0.6 is 0 Å². The van der Waals surface area contributed by atoms with Gasteiger partial charge in [0.1, 0.15) is 23.2 Å². The summed E-state index contributed by atoms with van der Waals surface area (Å²) in [6, 6.07) is 7.79. The minimum Gasteiger partial charge on any atom is -0.444 e. The first kappa shape index (κ1) is 32.5. The van der Waals surface area contributed by atoms with Gasteiger partial charge in [-0.25, -0.2) is 9.18 Å². The third-order valence-corrected chi connectivity index (χ3v) is 8.93. The maximum Gasteiger partial charge on any atom is 0.408 e. The average Bonchev–Trinajstić information content (AvgIpc) is 3.50. The maximum atomic E-state index is 14.2. The van der Waals surface area contributed by atoms with E-state index >= 15 is 0 Å². The molecule has 3 aliphatic rings. The molecule has 7 atom stereocenters. The second-order valence-corrected chi connectivity index (χ2v) is 13.6. The summed E-state index contributed by atoms with van der Waals surface area (Å²) >= 11 is 0. The van der Waals surface area contributed by atoms with E-state index in [2.05, 4.69) is 38.7 Å². The molecule has 1 aliphatic carbocycles. The number of hydrogen-bond acceptors (Lipinski definition) is 6. The number of carbonyl (C=O) groups is 2. The molecular formula is C34H48FN5O3. The number of unbranched alkanes of at least 4 members (excludes halogenated alkanes) is 1. The number of nitrogens with one attached hydrogen (secondary N) is 1. The van der Waals surface area contributed by atoms with Gasteiger partial charge in [0, 0.05) is 30.2 Å². The molecule has 5 unspecified atom stereocenters. The zero-order valence-electron chi connectivity index (χ0n) is 26.8. The molecule has 43 heavy (non-hydrogen) atoms. The molecule has 0 radical (unpaired) electrons. The van der Waals surface area contributed by atoms with Crippen LogP contribution in [0.15, 0.2) is 48.3 Å². The lowest BCUT2D eigenvalue weighted by Gasteiger charge is -2.37. The normalized spacial score (nSPS) is 25.1. The smallest absolute Gasteiger partial charge is 0.408 e. The van der Waals surface area contributed by atoms with E-state index in [1.165, 1.54) is 12.1 Å². The number of fused-ring (bicyclic) bond motifs is 1. The van der Waals surface area contributed by atoms with Crippen molar-refractivity contribution in [1.29, 1.82) is 5.26 Å². The number of likely N-dealkylation sites (tertiary alicyclic amines) is 1. The molecule has 1 aromatic rings. The minimum atomic E-state index is -0.685. The second-order valence-electron chi connectivity index (χ2n) is 13.6. The number of alkyl carbamates (subject to hydrolysis) is 1. The molecule has 0 bridgehead atoms. The fourth-order valence-electron chi connectivity index (χ4n) is 6.68. The van der Waals surface area contributed by atoms with E-state index < -0.39 is 23.8 Å². The highest BCUT2D eigenvalue weighted by atomic mass is 19.1. The van der Waals surface area contributed by atoms with Crippen LogP contribution in [0.2, 0.25) is 0 Å². The van der Waals surface area contributed by atoms with Crippen LogP contribution in [0.25, 0.3) is 0 Å². The van der Waals surface area contributed by atoms with Crippen molar-refractivity contribution in [3.63, 3.8) is 0 Å². The van der Waals surface area contributed by atoms with E-state index in [4.69, 9.17) is 4.74 Å². The summed E-state index contributed by atoms with van der Waals surface area (Å²) in [6.07, 6.45) is 6.05. The lowest BCUT2D eigenvalue weighted by Crippen LogP contribution is -2.52. The van der Waals surface area contributed by atoms with Crippen molar-refractivity contribution >= 4 is 12.0 Å². The Labute approximate surface area is 256 Å². The topological polar surface area (TPSA) is 88.9 Å². The number of benzene rings is 1. The van der Waals surface area contributed by atoms with Crippen molar-refractivity contribution in [2.45, 2.75) is 109 Å². The summed E-state index contributed by atoms with van der Waals surface area (Å²) < 4.78 is 19.4. The van der Waals surface area contributed by atoms with Crippen molar-refractivity contribution in [1.82, 2.24) is 20.0 Å². The van der Waals surface area contributed by atoms with Crippen LogP contribution in [0.3, 0.4) is 0 Å². The summed E-state index contributed by atoms with van der Waals surface area (Å²) in [7, 11) is 1.90. The van der Waals surface area contributed by atoms with Crippen LogP contribution < -0.4 is 5.32 Å². The molecule has 2 heterocycles. The average molecular weight is 594 g/mol. The highest BCUT2D eigenvalue weighted by Gasteiger charge is 2.50. The van der Waals surface area contributed by atoms with Crippen molar-refractivity contribution in [2.24, 2.45) is 11.8 Å². The first-order valence-electron chi connectivity index (χ1n) is 15.6. The number of hydrogen-bond donors (Lipinski definition) is 1. The molecule has 1 saturated heterocycles. The number of likely N-dealkylation sites (N-methyl/N-ethyl adjacent to an activating group) is 1. The molecule has 1 saturated carbocycles. The largest absolute Gasteiger partial charge is 0.444 e. The number of allylic oxidation sites excluding steroid dienone is 1. The highest BCUT2D eigenvalue weighted by molar-refractivity contribution is 5.85. The van der Waals surface area contributed by atoms with Crippen molar-refractivity contribution < 1.29 is 18.7 Å². The first-order valence-corrected chi connectivity index (χ1v) is 15.6. The number of carbonyl (C=O) groups excluding carboxylic acids is 2. The zero-order chi connectivity index (χ0) is 31.6. The Morgan fingerprint density at radius 1 is 1.28 bits per heavy atom. The summed E-state index contributed by atoms with van der Waals surface area (Å²) in [5, 5.41) is 12.7. The summed E-state index contributed by atoms with van der Waals surface area (Å²) in [6.45, 7) is 16.5. The van der Waals surface area contributed by atoms with Gasteiger partial charge in [-0.2, -0.15) is 5.26 Å². The van der Waals surface area contributed by atoms with Gasteiger partial charge in [0.25, 0.3) is 0 Å². The Balaban J connectivity index is 1.56. The predicted molar refractivity (Wildman–Crippen MR) is 165 cm³/mol. The number of halogens is 1. The highest BCUT2D eigenvalue weighted by Crippen LogP contribution is 2.47. The van der Waals surface area contributed by atoms with E-state index in [9.17, 15) is 19.2 Å². The molecule has 1 aromatic carbocycles. The van der Waals surface area contributed by atoms with Gasteiger partial charge in [-0.15, -0.1) is 0 Å². The van der Waals surface area contributed by atoms with Crippen LogP contribution in [-0.2, 0) is 9.53 Å². The molecule has 2 amide bonds. The Morgan fingerprint density at radius 2 is 1.95 bits per heavy atom. The molecule has 4 rings (SSSR count). The number of amides is 2. The van der Waals surface area contributed by atoms with Gasteiger partial charge < -0.3 is 19.9 Å². The molecule has 2 fully saturated rings. The second kappa shape index (κ2) is 13.1. The number of ether oxygens (including phenoxy) is 1. The van der Waals surface area contributed by atoms with Gasteiger partial charge in [0.2, 0.25) is 5.91 Å². The Morgan fingerprint density at radius 3 is 2.56 bits per heavy atom. The van der Waals surface area contributed by atoms with Crippen LogP contribution in [0, 0.1) is 29.0 Å². The molecule has 234 valence electrons. The summed E-state index contributed by atoms with van der Waals surface area (Å²) in [5.41, 5.74) is 1.42. The standard InChI is InChI=1S/C34H48FN5O3/c1-9-10-11-21(2)31(24-12-14-26(35)15-13-24)39-22(3)16-30(32(39)41)38(8)20-28(37-33(42)43-34(5,6)7)23(4)40-27(19-36)17-25-18-29(25)40/h12-15,17,21-22,25,28-31H,4,9-11,16,18,20H2,1-3,5-8H3,(H,37,42)/t21?,22?,25?,28-,29?,30-,31?/m0/s1. The molecule has 1 N–H and O–H groups in total. The van der Waals surface area contributed by atoms with Crippen LogP contribution in [0.5, 0.6) is 0 Å². The van der Waals surface area contributed by atoms with E-state index in [0.29, 0.717) is 30.3 Å². The maximum absolute atomic E-state index is 14.2. The van der Waals surface area contributed by atoms with E-state index in [0.717, 1.165) is 31.2 Å². The van der Waals surface area contributed by atoms with Gasteiger partial charge in [-0.05, 0) is 83.7 Å². The van der Waals surface area contributed by atoms with Gasteiger partial charge in [-0.1, -0.05) is 45.4 Å². The van der Waals surface area contributed by atoms with Gasteiger partial charge in [0.15, 0.2) is 0 Å². The Hall–Kier alpha value is -3.38. The third-order valence-electron chi connectivity index (χ3n) is 8.93. The van der Waals surface area contributed by atoms with E-state index in [1.54, 1.807) is 32.9 Å². The van der Waals surface area contributed by atoms with Gasteiger partial charge in [0.05, 0.1) is 18.1 Å².